The molecule has 0 N–H and O–H groups in total. The van der Waals surface area contributed by atoms with E-state index in [-0.39, 0.29) is 0 Å². The van der Waals surface area contributed by atoms with Crippen LogP contribution in [-0.4, -0.2) is 0 Å². The van der Waals surface area contributed by atoms with Crippen molar-refractivity contribution in [3.63, 3.8) is 0 Å². The molecule has 1 heteroatoms. The molecular weight excluding hydrogens is 356 g/mol. The van der Waals surface area contributed by atoms with Crippen LogP contribution >= 0.6 is 11.3 Å². The first-order chi connectivity index (χ1) is 13.6. The van der Waals surface area contributed by atoms with Crippen molar-refractivity contribution in [3.8, 4) is 0 Å². The Balaban J connectivity index is 0.00000111. The number of allylic oxidation sites excluding steroid dienone is 5. The van der Waals surface area contributed by atoms with E-state index in [0.717, 1.165) is 0 Å². The fourth-order valence-electron chi connectivity index (χ4n) is 3.28. The van der Waals surface area contributed by atoms with Crippen molar-refractivity contribution in [1.82, 2.24) is 0 Å². The summed E-state index contributed by atoms with van der Waals surface area (Å²) in [5.41, 5.74) is 5.44. The normalized spacial score (nSPS) is 15.2. The molecular formula is C27H40S. The Morgan fingerprint density at radius 3 is 2.25 bits per heavy atom. The van der Waals surface area contributed by atoms with Gasteiger partial charge in [-0.3, -0.25) is 0 Å². The Kier molecular flexibility index (Phi) is 13.2. The van der Waals surface area contributed by atoms with E-state index in [1.165, 1.54) is 43.7 Å². The lowest BCUT2D eigenvalue weighted by Crippen LogP contribution is -1.99. The molecule has 1 aliphatic rings. The molecule has 1 aromatic heterocycles. The van der Waals surface area contributed by atoms with Crippen molar-refractivity contribution in [2.75, 3.05) is 0 Å². The maximum atomic E-state index is 4.01. The molecule has 0 spiro atoms. The van der Waals surface area contributed by atoms with Gasteiger partial charge in [-0.05, 0) is 49.0 Å². The molecule has 0 amide bonds. The maximum Gasteiger partial charge on any atom is 0.0433 e. The molecule has 0 radical (unpaired) electrons. The molecule has 2 aromatic rings. The average molecular weight is 397 g/mol. The highest BCUT2D eigenvalue weighted by molar-refractivity contribution is 7.20. The van der Waals surface area contributed by atoms with E-state index in [0.29, 0.717) is 5.92 Å². The van der Waals surface area contributed by atoms with Crippen LogP contribution in [0.5, 0.6) is 0 Å². The van der Waals surface area contributed by atoms with Crippen LogP contribution in [0.1, 0.15) is 84.7 Å². The molecule has 0 saturated heterocycles. The van der Waals surface area contributed by atoms with E-state index in [1.807, 2.05) is 59.0 Å². The summed E-state index contributed by atoms with van der Waals surface area (Å²) < 4.78 is 1.37. The van der Waals surface area contributed by atoms with Gasteiger partial charge in [-0.2, -0.15) is 0 Å². The lowest BCUT2D eigenvalue weighted by atomic mass is 9.89. The molecule has 28 heavy (non-hydrogen) atoms. The van der Waals surface area contributed by atoms with Crippen LogP contribution in [0.25, 0.3) is 27.8 Å². The highest BCUT2D eigenvalue weighted by atomic mass is 32.1. The van der Waals surface area contributed by atoms with E-state index >= 15 is 0 Å². The summed E-state index contributed by atoms with van der Waals surface area (Å²) in [5, 5.41) is 1.32. The third-order valence-electron chi connectivity index (χ3n) is 4.13. The van der Waals surface area contributed by atoms with Gasteiger partial charge in [0.25, 0.3) is 0 Å². The monoisotopic (exact) mass is 396 g/mol. The highest BCUT2D eigenvalue weighted by Crippen LogP contribution is 2.39. The molecule has 1 aromatic carbocycles. The first-order valence-corrected chi connectivity index (χ1v) is 11.7. The van der Waals surface area contributed by atoms with Gasteiger partial charge in [0.05, 0.1) is 0 Å². The van der Waals surface area contributed by atoms with Gasteiger partial charge < -0.3 is 0 Å². The second kappa shape index (κ2) is 14.2. The topological polar surface area (TPSA) is 0 Å². The van der Waals surface area contributed by atoms with Crippen molar-refractivity contribution in [1.29, 1.82) is 0 Å². The molecule has 1 aliphatic carbocycles. The lowest BCUT2D eigenvalue weighted by Gasteiger charge is -2.17. The van der Waals surface area contributed by atoms with Gasteiger partial charge in [0.15, 0.2) is 0 Å². The molecule has 0 nitrogen and oxygen atoms in total. The summed E-state index contributed by atoms with van der Waals surface area (Å²) in [4.78, 5) is 1.30. The second-order valence-corrected chi connectivity index (χ2v) is 7.11. The molecule has 3 rings (SSSR count). The summed E-state index contributed by atoms with van der Waals surface area (Å²) >= 11 is 1.87. The lowest BCUT2D eigenvalue weighted by molar-refractivity contribution is 0.710. The molecule has 0 saturated carbocycles. The maximum absolute atomic E-state index is 4.01. The summed E-state index contributed by atoms with van der Waals surface area (Å²) in [6.45, 7) is 22.6. The van der Waals surface area contributed by atoms with E-state index in [4.69, 9.17) is 0 Å². The first kappa shape index (κ1) is 26.1. The fraction of sp³-hybridized carbons (Fsp3) is 0.407. The molecule has 1 atom stereocenters. The zero-order valence-corrected chi connectivity index (χ0v) is 20.3. The van der Waals surface area contributed by atoms with Gasteiger partial charge in [0, 0.05) is 15.0 Å². The van der Waals surface area contributed by atoms with Gasteiger partial charge in [-0.25, -0.2) is 0 Å². The fourth-order valence-corrected chi connectivity index (χ4v) is 4.59. The van der Waals surface area contributed by atoms with E-state index in [1.54, 1.807) is 0 Å². The van der Waals surface area contributed by atoms with Crippen LogP contribution in [0.3, 0.4) is 0 Å². The Morgan fingerprint density at radius 1 is 1.07 bits per heavy atom. The predicted molar refractivity (Wildman–Crippen MR) is 136 cm³/mol. The summed E-state index contributed by atoms with van der Waals surface area (Å²) in [6, 6.07) is 6.63. The van der Waals surface area contributed by atoms with Gasteiger partial charge >= 0.3 is 0 Å². The standard InChI is InChI=1S/C21H22S.3C2H6/c1-5-8-20-17(6-2)19-10-7-9-18(21(19)22-20)16-12-14(3)11-15(4)13-16;3*1-2/h5-10,12-14H,2,11H2,1,3-4H3;3*1-2H3/b8-5-;;;. The van der Waals surface area contributed by atoms with Crippen LogP contribution in [0, 0.1) is 5.92 Å². The number of thiophene rings is 1. The van der Waals surface area contributed by atoms with Gasteiger partial charge in [0.2, 0.25) is 0 Å². The van der Waals surface area contributed by atoms with E-state index < -0.39 is 0 Å². The van der Waals surface area contributed by atoms with E-state index in [2.05, 4.69) is 69.9 Å². The van der Waals surface area contributed by atoms with Crippen LogP contribution < -0.4 is 0 Å². The Morgan fingerprint density at radius 2 is 1.71 bits per heavy atom. The van der Waals surface area contributed by atoms with Crippen molar-refractivity contribution in [2.45, 2.75) is 68.7 Å². The summed E-state index contributed by atoms with van der Waals surface area (Å²) in [6.07, 6.45) is 12.2. The average Bonchev–Trinajstić information content (AvgIpc) is 3.09. The largest absolute Gasteiger partial charge is 0.135 e. The third kappa shape index (κ3) is 6.34. The molecule has 0 fully saturated rings. The second-order valence-electron chi connectivity index (χ2n) is 6.06. The number of fused-ring (bicyclic) bond motifs is 1. The number of hydrogen-bond donors (Lipinski definition) is 0. The minimum absolute atomic E-state index is 0.615. The van der Waals surface area contributed by atoms with Crippen molar-refractivity contribution < 1.29 is 0 Å². The molecule has 1 heterocycles. The van der Waals surface area contributed by atoms with Crippen molar-refractivity contribution in [3.05, 3.63) is 64.6 Å². The van der Waals surface area contributed by atoms with Crippen molar-refractivity contribution >= 4 is 39.1 Å². The quantitative estimate of drug-likeness (QED) is 0.484. The highest BCUT2D eigenvalue weighted by Gasteiger charge is 2.15. The molecule has 1 unspecified atom stereocenters. The number of benzene rings is 1. The first-order valence-electron chi connectivity index (χ1n) is 10.8. The zero-order chi connectivity index (χ0) is 21.7. The minimum Gasteiger partial charge on any atom is -0.135 e. The number of rotatable bonds is 3. The molecule has 0 bridgehead atoms. The number of hydrogen-bond acceptors (Lipinski definition) is 1. The Labute approximate surface area is 178 Å². The molecule has 0 aliphatic heterocycles. The van der Waals surface area contributed by atoms with Crippen molar-refractivity contribution in [2.24, 2.45) is 5.92 Å². The van der Waals surface area contributed by atoms with E-state index in [9.17, 15) is 0 Å². The Hall–Kier alpha value is -1.86. The van der Waals surface area contributed by atoms with Crippen LogP contribution in [0.2, 0.25) is 0 Å². The smallest absolute Gasteiger partial charge is 0.0433 e. The van der Waals surface area contributed by atoms with Crippen LogP contribution in [-0.2, 0) is 0 Å². The third-order valence-corrected chi connectivity index (χ3v) is 5.35. The van der Waals surface area contributed by atoms with Crippen LogP contribution in [0.4, 0.5) is 0 Å². The summed E-state index contributed by atoms with van der Waals surface area (Å²) in [5.74, 6) is 0.615. The summed E-state index contributed by atoms with van der Waals surface area (Å²) in [7, 11) is 0. The van der Waals surface area contributed by atoms with Gasteiger partial charge in [-0.1, -0.05) is 103 Å². The van der Waals surface area contributed by atoms with Gasteiger partial charge in [0.1, 0.15) is 0 Å². The minimum atomic E-state index is 0.615. The van der Waals surface area contributed by atoms with Crippen LogP contribution in [0.15, 0.2) is 48.6 Å². The van der Waals surface area contributed by atoms with Gasteiger partial charge in [-0.15, -0.1) is 11.3 Å². The predicted octanol–water partition coefficient (Wildman–Crippen LogP) is 10.0. The SMILES string of the molecule is C=Cc1c(/C=C\C)sc2c(C3=CC(C)CC(C)=C3)cccc12.CC.CC.CC. The molecule has 154 valence electrons. The zero-order valence-electron chi connectivity index (χ0n) is 19.5. The Bertz CT molecular complexity index is 812.